The molecule has 2 amide bonds. The van der Waals surface area contributed by atoms with Crippen LogP contribution in [0.3, 0.4) is 0 Å². The maximum Gasteiger partial charge on any atom is 0.412 e. The van der Waals surface area contributed by atoms with Gasteiger partial charge in [-0.2, -0.15) is 4.98 Å². The van der Waals surface area contributed by atoms with Crippen LogP contribution in [0, 0.1) is 0 Å². The van der Waals surface area contributed by atoms with Gasteiger partial charge in [0.15, 0.2) is 23.1 Å². The lowest BCUT2D eigenvalue weighted by molar-refractivity contribution is 0.0297. The minimum absolute atomic E-state index is 0.0328. The number of morpholine rings is 1. The van der Waals surface area contributed by atoms with Crippen LogP contribution in [0.5, 0.6) is 5.75 Å². The Morgan fingerprint density at radius 2 is 2.00 bits per heavy atom. The molecule has 0 aromatic carbocycles. The van der Waals surface area contributed by atoms with E-state index in [0.29, 0.717) is 42.8 Å². The second kappa shape index (κ2) is 11.4. The molecule has 1 fully saturated rings. The molecule has 0 aliphatic carbocycles. The van der Waals surface area contributed by atoms with Gasteiger partial charge in [-0.25, -0.2) is 9.78 Å². The SMILES string of the molecule is CNC(=O)c1nnc(NC(=O)OC)cc1Nc1nccc(-c2noc(CN3CCOCC3)n2)c1OC. The van der Waals surface area contributed by atoms with Crippen LogP contribution >= 0.6 is 0 Å². The van der Waals surface area contributed by atoms with Gasteiger partial charge in [-0.1, -0.05) is 5.16 Å². The zero-order chi connectivity index (χ0) is 25.5. The Hall–Kier alpha value is -4.37. The molecular formula is C21H25N9O6. The summed E-state index contributed by atoms with van der Waals surface area (Å²) in [4.78, 5) is 34.9. The topological polar surface area (TPSA) is 179 Å². The highest BCUT2D eigenvalue weighted by atomic mass is 16.5. The number of carbonyl (C=O) groups is 2. The number of hydrogen-bond acceptors (Lipinski definition) is 13. The Morgan fingerprint density at radius 1 is 1.19 bits per heavy atom. The highest BCUT2D eigenvalue weighted by Gasteiger charge is 2.22. The first-order valence-corrected chi connectivity index (χ1v) is 10.9. The fraction of sp³-hybridized carbons (Fsp3) is 0.381. The van der Waals surface area contributed by atoms with Crippen LogP contribution < -0.4 is 20.7 Å². The van der Waals surface area contributed by atoms with Crippen LogP contribution in [-0.2, 0) is 16.0 Å². The lowest BCUT2D eigenvalue weighted by Crippen LogP contribution is -2.35. The number of methoxy groups -OCH3 is 2. The van der Waals surface area contributed by atoms with Crippen molar-refractivity contribution in [3.05, 3.63) is 29.9 Å². The van der Waals surface area contributed by atoms with Gasteiger partial charge in [0, 0.05) is 32.4 Å². The van der Waals surface area contributed by atoms with Gasteiger partial charge in [-0.15, -0.1) is 10.2 Å². The van der Waals surface area contributed by atoms with Crippen LogP contribution in [0.25, 0.3) is 11.4 Å². The number of aromatic nitrogens is 5. The molecule has 1 aliphatic heterocycles. The average Bonchev–Trinajstić information content (AvgIpc) is 3.37. The molecule has 0 atom stereocenters. The highest BCUT2D eigenvalue weighted by Crippen LogP contribution is 2.35. The highest BCUT2D eigenvalue weighted by molar-refractivity contribution is 5.99. The zero-order valence-corrected chi connectivity index (χ0v) is 19.9. The van der Waals surface area contributed by atoms with E-state index in [4.69, 9.17) is 14.0 Å². The van der Waals surface area contributed by atoms with Crippen molar-refractivity contribution in [1.29, 1.82) is 0 Å². The summed E-state index contributed by atoms with van der Waals surface area (Å²) < 4.78 is 21.0. The molecule has 3 aromatic heterocycles. The minimum atomic E-state index is -0.745. The second-order valence-corrected chi connectivity index (χ2v) is 7.45. The molecular weight excluding hydrogens is 474 g/mol. The van der Waals surface area contributed by atoms with Crippen molar-refractivity contribution in [2.45, 2.75) is 6.54 Å². The number of carbonyl (C=O) groups excluding carboxylic acids is 2. The predicted molar refractivity (Wildman–Crippen MR) is 125 cm³/mol. The standard InChI is InChI=1S/C21H25N9O6/c1-22-20(31)16-13(10-14(27-28-16)25-21(32)34-3)24-19-17(33-2)12(4-5-23-19)18-26-15(36-29-18)11-30-6-8-35-9-7-30/h4-5,10H,6-9,11H2,1-3H3,(H,22,31)(H2,23,24,25,27,32). The van der Waals surface area contributed by atoms with Crippen LogP contribution in [0.1, 0.15) is 16.4 Å². The van der Waals surface area contributed by atoms with Gasteiger partial charge in [0.2, 0.25) is 11.7 Å². The summed E-state index contributed by atoms with van der Waals surface area (Å²) in [5.41, 5.74) is 0.692. The fourth-order valence-electron chi connectivity index (χ4n) is 3.42. The summed E-state index contributed by atoms with van der Waals surface area (Å²) in [6.45, 7) is 3.39. The molecule has 0 unspecified atom stereocenters. The van der Waals surface area contributed by atoms with Gasteiger partial charge in [-0.3, -0.25) is 15.0 Å². The monoisotopic (exact) mass is 499 g/mol. The molecule has 1 saturated heterocycles. The van der Waals surface area contributed by atoms with E-state index in [9.17, 15) is 9.59 Å². The molecule has 4 heterocycles. The number of nitrogens with one attached hydrogen (secondary N) is 3. The minimum Gasteiger partial charge on any atom is -0.492 e. The van der Waals surface area contributed by atoms with Crippen LogP contribution in [-0.4, -0.2) is 89.8 Å². The van der Waals surface area contributed by atoms with Crippen LogP contribution in [0.4, 0.5) is 22.1 Å². The Kier molecular flexibility index (Phi) is 7.82. The summed E-state index contributed by atoms with van der Waals surface area (Å²) >= 11 is 0. The van der Waals surface area contributed by atoms with Crippen LogP contribution in [0.2, 0.25) is 0 Å². The number of pyridine rings is 1. The van der Waals surface area contributed by atoms with Gasteiger partial charge in [0.05, 0.1) is 45.2 Å². The lowest BCUT2D eigenvalue weighted by Gasteiger charge is -2.24. The van der Waals surface area contributed by atoms with Crippen molar-refractivity contribution in [3.63, 3.8) is 0 Å². The number of ether oxygens (including phenoxy) is 3. The maximum absolute atomic E-state index is 12.4. The van der Waals surface area contributed by atoms with Gasteiger partial charge >= 0.3 is 6.09 Å². The summed E-state index contributed by atoms with van der Waals surface area (Å²) in [5.74, 6) is 0.871. The third kappa shape index (κ3) is 5.64. The molecule has 36 heavy (non-hydrogen) atoms. The first kappa shape index (κ1) is 24.7. The summed E-state index contributed by atoms with van der Waals surface area (Å²) in [5, 5.41) is 19.8. The molecule has 1 aliphatic rings. The van der Waals surface area contributed by atoms with E-state index < -0.39 is 12.0 Å². The van der Waals surface area contributed by atoms with Crippen molar-refractivity contribution >= 4 is 29.3 Å². The van der Waals surface area contributed by atoms with E-state index in [1.54, 1.807) is 6.07 Å². The van der Waals surface area contributed by atoms with E-state index in [-0.39, 0.29) is 23.0 Å². The third-order valence-electron chi connectivity index (χ3n) is 5.18. The normalized spacial score (nSPS) is 13.6. The van der Waals surface area contributed by atoms with Crippen molar-refractivity contribution in [3.8, 4) is 17.1 Å². The maximum atomic E-state index is 12.4. The number of nitrogens with zero attached hydrogens (tertiary/aromatic N) is 6. The largest absolute Gasteiger partial charge is 0.492 e. The van der Waals surface area contributed by atoms with Crippen molar-refractivity contribution < 1.29 is 28.3 Å². The number of rotatable bonds is 8. The molecule has 3 aromatic rings. The Labute approximate surface area is 205 Å². The van der Waals surface area contributed by atoms with E-state index in [1.165, 1.54) is 33.5 Å². The first-order chi connectivity index (χ1) is 17.5. The molecule has 0 bridgehead atoms. The van der Waals surface area contributed by atoms with Crippen molar-refractivity contribution in [2.75, 3.05) is 58.2 Å². The average molecular weight is 499 g/mol. The van der Waals surface area contributed by atoms with Gasteiger partial charge in [0.1, 0.15) is 0 Å². The van der Waals surface area contributed by atoms with E-state index in [0.717, 1.165) is 13.1 Å². The van der Waals surface area contributed by atoms with Crippen molar-refractivity contribution in [2.24, 2.45) is 0 Å². The lowest BCUT2D eigenvalue weighted by atomic mass is 10.2. The molecule has 0 saturated carbocycles. The van der Waals surface area contributed by atoms with Gasteiger partial charge in [-0.05, 0) is 6.07 Å². The number of hydrogen-bond donors (Lipinski definition) is 3. The molecule has 15 nitrogen and oxygen atoms in total. The fourth-order valence-corrected chi connectivity index (χ4v) is 3.42. The van der Waals surface area contributed by atoms with Crippen LogP contribution in [0.15, 0.2) is 22.9 Å². The molecule has 0 spiro atoms. The molecule has 0 radical (unpaired) electrons. The summed E-state index contributed by atoms with van der Waals surface area (Å²) in [6, 6.07) is 3.10. The Balaban J connectivity index is 1.63. The van der Waals surface area contributed by atoms with Gasteiger partial charge in [0.25, 0.3) is 5.91 Å². The summed E-state index contributed by atoms with van der Waals surface area (Å²) in [6.07, 6.45) is 0.783. The number of anilines is 3. The number of amides is 2. The quantitative estimate of drug-likeness (QED) is 0.401. The third-order valence-corrected chi connectivity index (χ3v) is 5.18. The predicted octanol–water partition coefficient (Wildman–Crippen LogP) is 1.04. The smallest absolute Gasteiger partial charge is 0.412 e. The van der Waals surface area contributed by atoms with E-state index >= 15 is 0 Å². The molecule has 190 valence electrons. The second-order valence-electron chi connectivity index (χ2n) is 7.45. The van der Waals surface area contributed by atoms with Crippen molar-refractivity contribution in [1.82, 2.24) is 35.5 Å². The van der Waals surface area contributed by atoms with E-state index in [2.05, 4.69) is 50.9 Å². The Morgan fingerprint density at radius 3 is 2.72 bits per heavy atom. The van der Waals surface area contributed by atoms with Gasteiger partial charge < -0.3 is 29.4 Å². The first-order valence-electron chi connectivity index (χ1n) is 10.9. The zero-order valence-electron chi connectivity index (χ0n) is 19.9. The van der Waals surface area contributed by atoms with E-state index in [1.807, 2.05) is 0 Å². The Bertz CT molecular complexity index is 1230. The molecule has 4 rings (SSSR count). The summed E-state index contributed by atoms with van der Waals surface area (Å²) in [7, 11) is 4.14. The molecule has 15 heteroatoms. The molecule has 3 N–H and O–H groups in total.